The van der Waals surface area contributed by atoms with Crippen molar-refractivity contribution in [2.75, 3.05) is 17.8 Å². The topological polar surface area (TPSA) is 84.3 Å². The minimum atomic E-state index is -3.71. The van der Waals surface area contributed by atoms with Gasteiger partial charge in [-0.15, -0.1) is 0 Å². The van der Waals surface area contributed by atoms with E-state index in [1.165, 1.54) is 16.8 Å². The summed E-state index contributed by atoms with van der Waals surface area (Å²) in [5.41, 5.74) is 0.503. The van der Waals surface area contributed by atoms with Gasteiger partial charge in [0.25, 0.3) is 15.9 Å². The van der Waals surface area contributed by atoms with E-state index in [1.54, 1.807) is 36.3 Å². The molecule has 0 saturated carbocycles. The highest BCUT2D eigenvalue weighted by Crippen LogP contribution is 2.17. The van der Waals surface area contributed by atoms with Gasteiger partial charge in [-0.3, -0.25) is 14.2 Å². The maximum atomic E-state index is 12.3. The predicted octanol–water partition coefficient (Wildman–Crippen LogP) is 1.46. The van der Waals surface area contributed by atoms with E-state index in [2.05, 4.69) is 9.82 Å². The van der Waals surface area contributed by atoms with Gasteiger partial charge in [0.2, 0.25) is 0 Å². The van der Waals surface area contributed by atoms with Crippen LogP contribution in [0.4, 0.5) is 5.82 Å². The molecule has 1 saturated heterocycles. The maximum absolute atomic E-state index is 12.3. The number of hydrogen-bond donors (Lipinski definition) is 1. The average molecular weight is 334 g/mol. The summed E-state index contributed by atoms with van der Waals surface area (Å²) in [7, 11) is -2.01. The van der Waals surface area contributed by atoms with Crippen molar-refractivity contribution in [2.45, 2.75) is 17.7 Å². The molecule has 2 heterocycles. The third kappa shape index (κ3) is 3.37. The Morgan fingerprint density at radius 2 is 1.78 bits per heavy atom. The highest BCUT2D eigenvalue weighted by molar-refractivity contribution is 7.92. The molecule has 0 atom stereocenters. The van der Waals surface area contributed by atoms with Crippen molar-refractivity contribution < 1.29 is 13.2 Å². The van der Waals surface area contributed by atoms with Crippen LogP contribution in [0.1, 0.15) is 23.2 Å². The van der Waals surface area contributed by atoms with E-state index >= 15 is 0 Å². The standard InChI is InChI=1S/C15H18N4O3S/c1-18-11-8-14(16-18)17-23(21,22)13-6-4-12(5-7-13)15(20)19-9-2-3-10-19/h4-8,11H,2-3,9-10H2,1H3,(H,16,17). The first kappa shape index (κ1) is 15.5. The van der Waals surface area contributed by atoms with Gasteiger partial charge < -0.3 is 4.90 Å². The van der Waals surface area contributed by atoms with Crippen molar-refractivity contribution in [1.82, 2.24) is 14.7 Å². The van der Waals surface area contributed by atoms with E-state index in [1.807, 2.05) is 0 Å². The van der Waals surface area contributed by atoms with E-state index in [0.717, 1.165) is 25.9 Å². The molecule has 0 aliphatic carbocycles. The molecule has 3 rings (SSSR count). The molecule has 1 amide bonds. The van der Waals surface area contributed by atoms with Crippen molar-refractivity contribution >= 4 is 21.7 Å². The molecule has 2 aromatic rings. The highest BCUT2D eigenvalue weighted by Gasteiger charge is 2.21. The summed E-state index contributed by atoms with van der Waals surface area (Å²) in [6.07, 6.45) is 3.69. The molecular formula is C15H18N4O3S. The molecular weight excluding hydrogens is 316 g/mol. The Kier molecular flexibility index (Phi) is 4.08. The van der Waals surface area contributed by atoms with Gasteiger partial charge in [-0.2, -0.15) is 5.10 Å². The number of hydrogen-bond acceptors (Lipinski definition) is 4. The van der Waals surface area contributed by atoms with E-state index in [9.17, 15) is 13.2 Å². The summed E-state index contributed by atoms with van der Waals surface area (Å²) in [5.74, 6) is 0.203. The number of carbonyl (C=O) groups excluding carboxylic acids is 1. The second-order valence-electron chi connectivity index (χ2n) is 5.50. The molecule has 0 bridgehead atoms. The van der Waals surface area contributed by atoms with E-state index in [0.29, 0.717) is 5.56 Å². The average Bonchev–Trinajstić information content (AvgIpc) is 3.18. The number of aromatic nitrogens is 2. The van der Waals surface area contributed by atoms with Crippen molar-refractivity contribution in [3.63, 3.8) is 0 Å². The van der Waals surface area contributed by atoms with Crippen LogP contribution >= 0.6 is 0 Å². The third-order valence-corrected chi connectivity index (χ3v) is 5.13. The van der Waals surface area contributed by atoms with Crippen LogP contribution in [-0.2, 0) is 17.1 Å². The SMILES string of the molecule is Cn1ccc(NS(=O)(=O)c2ccc(C(=O)N3CCCC3)cc2)n1. The molecule has 1 aliphatic rings. The number of amides is 1. The molecule has 0 spiro atoms. The molecule has 0 radical (unpaired) electrons. The largest absolute Gasteiger partial charge is 0.339 e. The first-order valence-corrected chi connectivity index (χ1v) is 8.86. The van der Waals surface area contributed by atoms with Crippen molar-refractivity contribution in [2.24, 2.45) is 7.05 Å². The predicted molar refractivity (Wildman–Crippen MR) is 85.6 cm³/mol. The Bertz CT molecular complexity index is 806. The zero-order valence-electron chi connectivity index (χ0n) is 12.8. The number of nitrogens with one attached hydrogen (secondary N) is 1. The molecule has 1 aliphatic heterocycles. The zero-order chi connectivity index (χ0) is 16.4. The summed E-state index contributed by atoms with van der Waals surface area (Å²) in [6.45, 7) is 1.53. The Morgan fingerprint density at radius 1 is 1.13 bits per heavy atom. The van der Waals surface area contributed by atoms with Crippen molar-refractivity contribution in [1.29, 1.82) is 0 Å². The van der Waals surface area contributed by atoms with E-state index in [-0.39, 0.29) is 16.6 Å². The summed E-state index contributed by atoms with van der Waals surface area (Å²) in [6, 6.07) is 7.55. The fourth-order valence-electron chi connectivity index (χ4n) is 2.55. The fourth-order valence-corrected chi connectivity index (χ4v) is 3.54. The van der Waals surface area contributed by atoms with Gasteiger partial charge in [-0.1, -0.05) is 0 Å². The lowest BCUT2D eigenvalue weighted by Gasteiger charge is -2.15. The second-order valence-corrected chi connectivity index (χ2v) is 7.19. The normalized spacial score (nSPS) is 14.9. The summed E-state index contributed by atoms with van der Waals surface area (Å²) >= 11 is 0. The lowest BCUT2D eigenvalue weighted by molar-refractivity contribution is 0.0792. The number of aryl methyl sites for hydroxylation is 1. The molecule has 1 N–H and O–H groups in total. The van der Waals surface area contributed by atoms with Crippen molar-refractivity contribution in [3.8, 4) is 0 Å². The molecule has 8 heteroatoms. The monoisotopic (exact) mass is 334 g/mol. The molecule has 1 aromatic heterocycles. The summed E-state index contributed by atoms with van der Waals surface area (Å²) in [5, 5.41) is 3.99. The zero-order valence-corrected chi connectivity index (χ0v) is 13.6. The number of anilines is 1. The van der Waals surface area contributed by atoms with Crippen LogP contribution in [0.2, 0.25) is 0 Å². The molecule has 1 fully saturated rings. The molecule has 0 unspecified atom stereocenters. The number of rotatable bonds is 4. The fraction of sp³-hybridized carbons (Fsp3) is 0.333. The van der Waals surface area contributed by atoms with Gasteiger partial charge in [-0.25, -0.2) is 8.42 Å². The van der Waals surface area contributed by atoms with Crippen LogP contribution in [0.25, 0.3) is 0 Å². The van der Waals surface area contributed by atoms with Crippen LogP contribution in [0, 0.1) is 0 Å². The lowest BCUT2D eigenvalue weighted by Crippen LogP contribution is -2.27. The first-order chi connectivity index (χ1) is 11.0. The smallest absolute Gasteiger partial charge is 0.263 e. The molecule has 23 heavy (non-hydrogen) atoms. The minimum absolute atomic E-state index is 0.0517. The van der Waals surface area contributed by atoms with Gasteiger partial charge in [0, 0.05) is 38.0 Å². The highest BCUT2D eigenvalue weighted by atomic mass is 32.2. The van der Waals surface area contributed by atoms with Gasteiger partial charge in [-0.05, 0) is 37.1 Å². The Balaban J connectivity index is 1.76. The van der Waals surface area contributed by atoms with E-state index in [4.69, 9.17) is 0 Å². The Hall–Kier alpha value is -2.35. The first-order valence-electron chi connectivity index (χ1n) is 7.37. The van der Waals surface area contributed by atoms with Gasteiger partial charge >= 0.3 is 0 Å². The number of nitrogens with zero attached hydrogens (tertiary/aromatic N) is 3. The Labute approximate surface area is 135 Å². The van der Waals surface area contributed by atoms with Gasteiger partial charge in [0.05, 0.1) is 4.90 Å². The molecule has 7 nitrogen and oxygen atoms in total. The van der Waals surface area contributed by atoms with Gasteiger partial charge in [0.1, 0.15) is 0 Å². The lowest BCUT2D eigenvalue weighted by atomic mass is 10.2. The van der Waals surface area contributed by atoms with Gasteiger partial charge in [0.15, 0.2) is 5.82 Å². The Morgan fingerprint density at radius 3 is 2.35 bits per heavy atom. The van der Waals surface area contributed by atoms with Crippen molar-refractivity contribution in [3.05, 3.63) is 42.1 Å². The quantitative estimate of drug-likeness (QED) is 0.917. The third-order valence-electron chi connectivity index (χ3n) is 3.76. The second kappa shape index (κ2) is 6.04. The molecule has 122 valence electrons. The maximum Gasteiger partial charge on any atom is 0.263 e. The minimum Gasteiger partial charge on any atom is -0.339 e. The number of likely N-dealkylation sites (tertiary alicyclic amines) is 1. The summed E-state index contributed by atoms with van der Waals surface area (Å²) in [4.78, 5) is 14.1. The van der Waals surface area contributed by atoms with Crippen LogP contribution in [-0.4, -0.2) is 42.1 Å². The number of sulfonamides is 1. The van der Waals surface area contributed by atoms with Crippen LogP contribution in [0.5, 0.6) is 0 Å². The van der Waals surface area contributed by atoms with E-state index < -0.39 is 10.0 Å². The van der Waals surface area contributed by atoms with Crippen LogP contribution in [0.3, 0.4) is 0 Å². The van der Waals surface area contributed by atoms with Crippen LogP contribution in [0.15, 0.2) is 41.4 Å². The molecule has 1 aromatic carbocycles. The number of benzene rings is 1. The number of carbonyl (C=O) groups is 1. The summed E-state index contributed by atoms with van der Waals surface area (Å²) < 4.78 is 28.5. The van der Waals surface area contributed by atoms with Crippen LogP contribution < -0.4 is 4.72 Å².